The van der Waals surface area contributed by atoms with Gasteiger partial charge in [-0.05, 0) is 87.4 Å². The van der Waals surface area contributed by atoms with Crippen LogP contribution in [-0.2, 0) is 44.7 Å². The fraction of sp³-hybridized carbons (Fsp3) is 0.360. The largest absolute Gasteiger partial charge is 0.456 e. The molecular formula is C50H54F2N8O10. The Labute approximate surface area is 401 Å². The molecule has 6 heterocycles. The molecule has 20 heteroatoms. The summed E-state index contributed by atoms with van der Waals surface area (Å²) in [4.78, 5) is 86.8. The Morgan fingerprint density at radius 3 is 1.79 bits per heavy atom. The van der Waals surface area contributed by atoms with Gasteiger partial charge in [0, 0.05) is 96.7 Å². The number of aromatic nitrogens is 2. The van der Waals surface area contributed by atoms with E-state index in [0.717, 1.165) is 12.2 Å². The van der Waals surface area contributed by atoms with Crippen molar-refractivity contribution in [3.63, 3.8) is 0 Å². The van der Waals surface area contributed by atoms with Gasteiger partial charge in [-0.3, -0.25) is 29.0 Å². The summed E-state index contributed by atoms with van der Waals surface area (Å²) in [5.41, 5.74) is 11.3. The summed E-state index contributed by atoms with van der Waals surface area (Å²) >= 11 is 0. The van der Waals surface area contributed by atoms with Crippen LogP contribution >= 0.6 is 0 Å². The van der Waals surface area contributed by atoms with Crippen LogP contribution in [-0.4, -0.2) is 139 Å². The molecule has 6 N–H and O–H groups in total. The smallest absolute Gasteiger partial charge is 0.331 e. The number of hydrogen-bond donors (Lipinski definition) is 5. The minimum atomic E-state index is -0.868. The van der Waals surface area contributed by atoms with Crippen molar-refractivity contribution in [2.45, 2.75) is 46.4 Å². The van der Waals surface area contributed by atoms with Crippen molar-refractivity contribution < 1.29 is 56.5 Å². The first-order chi connectivity index (χ1) is 33.5. The number of nitrogens with zero attached hydrogens (tertiary/aromatic N) is 3. The van der Waals surface area contributed by atoms with Crippen molar-refractivity contribution in [1.82, 2.24) is 24.7 Å². The lowest BCUT2D eigenvalue weighted by atomic mass is 10.0. The molecule has 70 heavy (non-hydrogen) atoms. The number of primary amides is 1. The SMILES string of the molecule is Cc1[nH]c(C=C2C(=O)Nc3ccc(F)cc32)c(C)c1C(=O)NC[C@@H](CN1CCOCC1)OC(=O)/C=C\C(=O)O[C@H](CN1CCOCC1)Cn1c(C)c(C(N)=O)c(C)c1C=C1C(=O)Nc2ccc(F)cc21. The van der Waals surface area contributed by atoms with Crippen molar-refractivity contribution >= 4 is 70.2 Å². The third-order valence-corrected chi connectivity index (χ3v) is 12.8. The number of ether oxygens (including phenoxy) is 4. The third-order valence-electron chi connectivity index (χ3n) is 12.8. The number of hydrogen-bond acceptors (Lipinski definition) is 12. The lowest BCUT2D eigenvalue weighted by molar-refractivity contribution is -0.147. The lowest BCUT2D eigenvalue weighted by Gasteiger charge is -2.30. The first kappa shape index (κ1) is 49.2. The van der Waals surface area contributed by atoms with E-state index in [-0.39, 0.29) is 42.9 Å². The van der Waals surface area contributed by atoms with Crippen LogP contribution in [0.5, 0.6) is 0 Å². The van der Waals surface area contributed by atoms with Crippen LogP contribution in [0.1, 0.15) is 65.7 Å². The van der Waals surface area contributed by atoms with Gasteiger partial charge in [0.15, 0.2) is 0 Å². The molecule has 4 amide bonds. The molecule has 0 unspecified atom stereocenters. The van der Waals surface area contributed by atoms with E-state index in [4.69, 9.17) is 24.7 Å². The summed E-state index contributed by atoms with van der Waals surface area (Å²) in [5, 5.41) is 8.33. The molecule has 0 saturated carbocycles. The van der Waals surface area contributed by atoms with E-state index >= 15 is 0 Å². The standard InChI is InChI=1S/C50H54F2N8O10/c1-27-41(21-37-35-19-31(51)5-7-39(35)56-48(37)64)55-29(3)45(27)50(66)54-23-33(24-58-11-15-67-16-12-58)69-43(61)9-10-44(62)70-34(25-59-13-17-68-18-14-59)26-60-30(4)46(47(53)63)28(2)42(60)22-38-36-20-32(52)6-8-40(36)57-49(38)65/h5-10,19-22,33-34,55H,11-18,23-26H2,1-4H3,(H2,53,63)(H,54,66)(H,56,64)(H,57,65)/b10-9-,37-21?,38-22?/t33-,34+/m0/s1. The van der Waals surface area contributed by atoms with Crippen molar-refractivity contribution in [1.29, 1.82) is 0 Å². The Balaban J connectivity index is 0.977. The highest BCUT2D eigenvalue weighted by Gasteiger charge is 2.31. The second-order valence-corrected chi connectivity index (χ2v) is 17.5. The van der Waals surface area contributed by atoms with Gasteiger partial charge >= 0.3 is 11.9 Å². The minimum Gasteiger partial charge on any atom is -0.456 e. The second-order valence-electron chi connectivity index (χ2n) is 17.5. The zero-order valence-corrected chi connectivity index (χ0v) is 39.2. The van der Waals surface area contributed by atoms with Crippen molar-refractivity contribution in [2.75, 3.05) is 82.9 Å². The summed E-state index contributed by atoms with van der Waals surface area (Å²) < 4.78 is 53.1. The number of nitrogens with one attached hydrogen (secondary N) is 4. The Bertz CT molecular complexity index is 2850. The summed E-state index contributed by atoms with van der Waals surface area (Å²) in [6, 6.07) is 7.96. The van der Waals surface area contributed by atoms with E-state index < -0.39 is 59.4 Å². The molecule has 368 valence electrons. The molecule has 0 spiro atoms. The quantitative estimate of drug-likeness (QED) is 0.0797. The van der Waals surface area contributed by atoms with Gasteiger partial charge in [-0.1, -0.05) is 0 Å². The predicted octanol–water partition coefficient (Wildman–Crippen LogP) is 3.89. The van der Waals surface area contributed by atoms with Gasteiger partial charge in [-0.25, -0.2) is 18.4 Å². The number of anilines is 2. The van der Waals surface area contributed by atoms with Gasteiger partial charge < -0.3 is 50.2 Å². The monoisotopic (exact) mass is 964 g/mol. The van der Waals surface area contributed by atoms with Gasteiger partial charge in [0.05, 0.1) is 61.8 Å². The van der Waals surface area contributed by atoms with E-state index in [1.807, 2.05) is 4.90 Å². The van der Waals surface area contributed by atoms with E-state index in [9.17, 15) is 37.5 Å². The molecule has 0 radical (unpaired) electrons. The number of aryl methyl sites for hydroxylation is 1. The van der Waals surface area contributed by atoms with Crippen molar-refractivity contribution in [3.8, 4) is 0 Å². The molecule has 18 nitrogen and oxygen atoms in total. The number of H-pyrrole nitrogens is 1. The minimum absolute atomic E-state index is 0.00169. The Hall–Kier alpha value is -7.26. The van der Waals surface area contributed by atoms with Crippen molar-refractivity contribution in [2.24, 2.45) is 5.73 Å². The number of aromatic amines is 1. The molecule has 4 aliphatic rings. The zero-order valence-electron chi connectivity index (χ0n) is 39.2. The second kappa shape index (κ2) is 21.2. The summed E-state index contributed by atoms with van der Waals surface area (Å²) in [6.45, 7) is 11.2. The number of carbonyl (C=O) groups excluding carboxylic acids is 6. The molecule has 0 aliphatic carbocycles. The van der Waals surface area contributed by atoms with Crippen LogP contribution in [0.3, 0.4) is 0 Å². The number of carbonyl (C=O) groups is 6. The number of esters is 2. The molecule has 4 aromatic rings. The Morgan fingerprint density at radius 1 is 0.729 bits per heavy atom. The van der Waals surface area contributed by atoms with E-state index in [0.29, 0.717) is 115 Å². The van der Waals surface area contributed by atoms with Crippen LogP contribution in [0.25, 0.3) is 23.3 Å². The molecule has 2 aromatic carbocycles. The zero-order chi connectivity index (χ0) is 49.8. The molecule has 8 rings (SSSR count). The average molecular weight is 965 g/mol. The first-order valence-corrected chi connectivity index (χ1v) is 22.9. The number of rotatable bonds is 16. The summed E-state index contributed by atoms with van der Waals surface area (Å²) in [6.07, 6.45) is 3.31. The molecule has 4 aliphatic heterocycles. The predicted molar refractivity (Wildman–Crippen MR) is 254 cm³/mol. The summed E-state index contributed by atoms with van der Waals surface area (Å²) in [7, 11) is 0. The maximum absolute atomic E-state index is 14.4. The van der Waals surface area contributed by atoms with Gasteiger partial charge in [0.1, 0.15) is 23.8 Å². The average Bonchev–Trinajstić information content (AvgIpc) is 3.98. The number of nitrogens with two attached hydrogens (primary N) is 1. The molecule has 2 aromatic heterocycles. The number of halogens is 2. The fourth-order valence-corrected chi connectivity index (χ4v) is 9.31. The van der Waals surface area contributed by atoms with Crippen LogP contribution in [0.2, 0.25) is 0 Å². The first-order valence-electron chi connectivity index (χ1n) is 22.9. The highest BCUT2D eigenvalue weighted by Crippen LogP contribution is 2.37. The Morgan fingerprint density at radius 2 is 1.24 bits per heavy atom. The van der Waals surface area contributed by atoms with E-state index in [1.54, 1.807) is 44.4 Å². The van der Waals surface area contributed by atoms with Gasteiger partial charge in [-0.2, -0.15) is 0 Å². The Kier molecular flexibility index (Phi) is 14.9. The molecule has 2 fully saturated rings. The van der Waals surface area contributed by atoms with E-state index in [1.165, 1.54) is 36.4 Å². The van der Waals surface area contributed by atoms with Crippen molar-refractivity contribution in [3.05, 3.63) is 116 Å². The highest BCUT2D eigenvalue weighted by molar-refractivity contribution is 6.35. The van der Waals surface area contributed by atoms with Crippen LogP contribution in [0.4, 0.5) is 20.2 Å². The highest BCUT2D eigenvalue weighted by atomic mass is 19.1. The number of amides is 4. The van der Waals surface area contributed by atoms with Crippen LogP contribution in [0.15, 0.2) is 48.6 Å². The van der Waals surface area contributed by atoms with Crippen LogP contribution < -0.4 is 21.7 Å². The van der Waals surface area contributed by atoms with Gasteiger partial charge in [0.2, 0.25) is 0 Å². The van der Waals surface area contributed by atoms with E-state index in [2.05, 4.69) is 25.8 Å². The number of fused-ring (bicyclic) bond motifs is 2. The maximum atomic E-state index is 14.4. The topological polar surface area (TPSA) is 229 Å². The third kappa shape index (κ3) is 10.9. The van der Waals surface area contributed by atoms with Gasteiger partial charge in [0.25, 0.3) is 23.6 Å². The maximum Gasteiger partial charge on any atom is 0.331 e. The van der Waals surface area contributed by atoms with Gasteiger partial charge in [-0.15, -0.1) is 0 Å². The number of benzene rings is 2. The molecule has 0 bridgehead atoms. The summed E-state index contributed by atoms with van der Waals surface area (Å²) in [5.74, 6) is -4.81. The lowest BCUT2D eigenvalue weighted by Crippen LogP contribution is -2.46. The molecular weight excluding hydrogens is 911 g/mol. The van der Waals surface area contributed by atoms with Crippen LogP contribution in [0, 0.1) is 39.3 Å². The normalized spacial score (nSPS) is 18.1. The fourth-order valence-electron chi connectivity index (χ4n) is 9.31. The molecule has 2 atom stereocenters. The molecule has 2 saturated heterocycles. The number of morpholine rings is 2.